The Bertz CT molecular complexity index is 664. The number of H-pyrrole nitrogens is 1. The van der Waals surface area contributed by atoms with E-state index in [4.69, 9.17) is 21.6 Å². The van der Waals surface area contributed by atoms with Crippen LogP contribution in [-0.4, -0.2) is 41.9 Å². The Morgan fingerprint density at radius 3 is 2.90 bits per heavy atom. The van der Waals surface area contributed by atoms with Crippen molar-refractivity contribution in [1.29, 1.82) is 5.41 Å². The predicted octanol–water partition coefficient (Wildman–Crippen LogP) is 0.861. The molecular formula is C14H19N5O2. The summed E-state index contributed by atoms with van der Waals surface area (Å²) < 4.78 is 5.66. The number of hydrogen-bond donors (Lipinski definition) is 4. The maximum atomic E-state index is 12.1. The minimum atomic E-state index is -0.369. The van der Waals surface area contributed by atoms with Crippen molar-refractivity contribution < 1.29 is 9.53 Å². The highest BCUT2D eigenvalue weighted by Crippen LogP contribution is 2.26. The fourth-order valence-electron chi connectivity index (χ4n) is 1.92. The van der Waals surface area contributed by atoms with Crippen LogP contribution in [0.3, 0.4) is 0 Å². The first-order valence-electron chi connectivity index (χ1n) is 6.61. The number of nitrogens with one attached hydrogen (secondary N) is 2. The summed E-state index contributed by atoms with van der Waals surface area (Å²) in [5.41, 5.74) is 11.9. The Labute approximate surface area is 122 Å². The summed E-state index contributed by atoms with van der Waals surface area (Å²) in [6.45, 7) is 1.08. The Morgan fingerprint density at radius 1 is 1.48 bits per heavy atom. The van der Waals surface area contributed by atoms with Crippen LogP contribution in [0.2, 0.25) is 0 Å². The van der Waals surface area contributed by atoms with E-state index in [1.165, 1.54) is 7.05 Å². The minimum Gasteiger partial charge on any atom is -0.491 e. The fraction of sp³-hybridized carbons (Fsp3) is 0.286. The summed E-state index contributed by atoms with van der Waals surface area (Å²) in [5, 5.41) is 8.16. The molecule has 1 heterocycles. The second-order valence-electron chi connectivity index (χ2n) is 4.64. The van der Waals surface area contributed by atoms with Crippen LogP contribution in [-0.2, 0) is 0 Å². The SMILES string of the molecule is CN(C(=N)N)C(=O)c1cc2cccc(OCCCN)c2[nH]1. The number of aromatic amines is 1. The van der Waals surface area contributed by atoms with E-state index >= 15 is 0 Å². The van der Waals surface area contributed by atoms with Gasteiger partial charge in [0.15, 0.2) is 5.96 Å². The molecule has 0 unspecified atom stereocenters. The lowest BCUT2D eigenvalue weighted by Crippen LogP contribution is -2.38. The average molecular weight is 289 g/mol. The van der Waals surface area contributed by atoms with Crippen LogP contribution < -0.4 is 16.2 Å². The third-order valence-electron chi connectivity index (χ3n) is 3.12. The summed E-state index contributed by atoms with van der Waals surface area (Å²) in [6.07, 6.45) is 0.760. The van der Waals surface area contributed by atoms with E-state index in [2.05, 4.69) is 4.98 Å². The van der Waals surface area contributed by atoms with Gasteiger partial charge in [-0.05, 0) is 25.1 Å². The van der Waals surface area contributed by atoms with Gasteiger partial charge in [0.2, 0.25) is 0 Å². The second kappa shape index (κ2) is 6.27. The van der Waals surface area contributed by atoms with Gasteiger partial charge in [0.1, 0.15) is 11.4 Å². The van der Waals surface area contributed by atoms with E-state index in [1.54, 1.807) is 6.07 Å². The van der Waals surface area contributed by atoms with Crippen molar-refractivity contribution in [2.75, 3.05) is 20.2 Å². The number of amides is 1. The normalized spacial score (nSPS) is 10.6. The molecule has 112 valence electrons. The molecule has 0 aliphatic carbocycles. The zero-order valence-electron chi connectivity index (χ0n) is 11.8. The molecule has 0 aliphatic heterocycles. The number of aromatic nitrogens is 1. The van der Waals surface area contributed by atoms with Gasteiger partial charge in [0, 0.05) is 12.4 Å². The molecule has 21 heavy (non-hydrogen) atoms. The van der Waals surface area contributed by atoms with Gasteiger partial charge in [-0.2, -0.15) is 0 Å². The Hall–Kier alpha value is -2.54. The zero-order chi connectivity index (χ0) is 15.4. The molecule has 0 saturated heterocycles. The molecule has 6 N–H and O–H groups in total. The highest BCUT2D eigenvalue weighted by Gasteiger charge is 2.17. The minimum absolute atomic E-state index is 0.307. The summed E-state index contributed by atoms with van der Waals surface area (Å²) in [4.78, 5) is 16.2. The molecule has 1 amide bonds. The molecule has 2 aromatic rings. The first-order chi connectivity index (χ1) is 10.0. The van der Waals surface area contributed by atoms with E-state index < -0.39 is 0 Å². The molecule has 7 heteroatoms. The van der Waals surface area contributed by atoms with Gasteiger partial charge in [0.25, 0.3) is 5.91 Å². The molecule has 0 atom stereocenters. The molecule has 0 radical (unpaired) electrons. The number of nitrogens with zero attached hydrogens (tertiary/aromatic N) is 1. The van der Waals surface area contributed by atoms with Crippen LogP contribution in [0.15, 0.2) is 24.3 Å². The number of para-hydroxylation sites is 1. The molecule has 0 spiro atoms. The molecule has 0 saturated carbocycles. The fourth-order valence-corrected chi connectivity index (χ4v) is 1.92. The number of fused-ring (bicyclic) bond motifs is 1. The van der Waals surface area contributed by atoms with Crippen molar-refractivity contribution in [3.63, 3.8) is 0 Å². The monoisotopic (exact) mass is 289 g/mol. The van der Waals surface area contributed by atoms with Crippen LogP contribution in [0, 0.1) is 5.41 Å². The van der Waals surface area contributed by atoms with Gasteiger partial charge in [-0.3, -0.25) is 15.1 Å². The molecule has 2 rings (SSSR count). The van der Waals surface area contributed by atoms with E-state index in [9.17, 15) is 4.79 Å². The van der Waals surface area contributed by atoms with Gasteiger partial charge in [-0.25, -0.2) is 0 Å². The first kappa shape index (κ1) is 14.9. The number of nitrogens with two attached hydrogens (primary N) is 2. The molecular weight excluding hydrogens is 270 g/mol. The van der Waals surface area contributed by atoms with Gasteiger partial charge >= 0.3 is 0 Å². The van der Waals surface area contributed by atoms with Gasteiger partial charge in [-0.15, -0.1) is 0 Å². The van der Waals surface area contributed by atoms with Crippen molar-refractivity contribution >= 4 is 22.8 Å². The smallest absolute Gasteiger partial charge is 0.276 e. The number of carbonyl (C=O) groups is 1. The van der Waals surface area contributed by atoms with E-state index in [1.807, 2.05) is 18.2 Å². The number of hydrogen-bond acceptors (Lipinski definition) is 4. The van der Waals surface area contributed by atoms with Gasteiger partial charge < -0.3 is 21.2 Å². The lowest BCUT2D eigenvalue weighted by atomic mass is 10.2. The van der Waals surface area contributed by atoms with E-state index in [-0.39, 0.29) is 11.9 Å². The molecule has 0 fully saturated rings. The number of guanidine groups is 1. The summed E-state index contributed by atoms with van der Waals surface area (Å²) in [6, 6.07) is 7.29. The quantitative estimate of drug-likeness (QED) is 0.370. The first-order valence-corrected chi connectivity index (χ1v) is 6.61. The summed E-state index contributed by atoms with van der Waals surface area (Å²) >= 11 is 0. The maximum absolute atomic E-state index is 12.1. The molecule has 1 aromatic carbocycles. The lowest BCUT2D eigenvalue weighted by molar-refractivity contribution is 0.0864. The largest absolute Gasteiger partial charge is 0.491 e. The van der Waals surface area contributed by atoms with Crippen LogP contribution in [0.1, 0.15) is 16.9 Å². The van der Waals surface area contributed by atoms with E-state index in [0.29, 0.717) is 24.6 Å². The van der Waals surface area contributed by atoms with Crippen LogP contribution in [0.4, 0.5) is 0 Å². The Morgan fingerprint density at radius 2 is 2.24 bits per heavy atom. The molecule has 0 aliphatic rings. The zero-order valence-corrected chi connectivity index (χ0v) is 11.8. The van der Waals surface area contributed by atoms with Crippen molar-refractivity contribution in [3.05, 3.63) is 30.0 Å². The second-order valence-corrected chi connectivity index (χ2v) is 4.64. The average Bonchev–Trinajstić information content (AvgIpc) is 2.90. The third-order valence-corrected chi connectivity index (χ3v) is 3.12. The molecule has 0 bridgehead atoms. The maximum Gasteiger partial charge on any atom is 0.276 e. The Kier molecular flexibility index (Phi) is 4.44. The lowest BCUT2D eigenvalue weighted by Gasteiger charge is -2.12. The number of ether oxygens (including phenoxy) is 1. The van der Waals surface area contributed by atoms with Crippen molar-refractivity contribution in [1.82, 2.24) is 9.88 Å². The molecule has 1 aromatic heterocycles. The predicted molar refractivity (Wildman–Crippen MR) is 81.5 cm³/mol. The van der Waals surface area contributed by atoms with Gasteiger partial charge in [0.05, 0.1) is 12.1 Å². The third kappa shape index (κ3) is 3.14. The number of benzene rings is 1. The number of carbonyl (C=O) groups excluding carboxylic acids is 1. The standard InChI is InChI=1S/C14H19N5O2/c1-19(14(16)17)13(20)10-8-9-4-2-5-11(12(9)18-10)21-7-3-6-15/h2,4-5,8,18H,3,6-7,15H2,1H3,(H3,16,17). The van der Waals surface area contributed by atoms with Crippen molar-refractivity contribution in [2.45, 2.75) is 6.42 Å². The van der Waals surface area contributed by atoms with Crippen molar-refractivity contribution in [3.8, 4) is 5.75 Å². The van der Waals surface area contributed by atoms with Crippen LogP contribution in [0.25, 0.3) is 10.9 Å². The van der Waals surface area contributed by atoms with E-state index in [0.717, 1.165) is 22.2 Å². The molecule has 7 nitrogen and oxygen atoms in total. The topological polar surface area (TPSA) is 121 Å². The summed E-state index contributed by atoms with van der Waals surface area (Å²) in [7, 11) is 1.45. The summed E-state index contributed by atoms with van der Waals surface area (Å²) in [5.74, 6) is -0.00448. The highest BCUT2D eigenvalue weighted by molar-refractivity contribution is 6.06. The van der Waals surface area contributed by atoms with Gasteiger partial charge in [-0.1, -0.05) is 12.1 Å². The van der Waals surface area contributed by atoms with Crippen LogP contribution >= 0.6 is 0 Å². The Balaban J connectivity index is 2.30. The highest BCUT2D eigenvalue weighted by atomic mass is 16.5. The van der Waals surface area contributed by atoms with Crippen LogP contribution in [0.5, 0.6) is 5.75 Å². The number of rotatable bonds is 5. The van der Waals surface area contributed by atoms with Crippen molar-refractivity contribution in [2.24, 2.45) is 11.5 Å².